The predicted molar refractivity (Wildman–Crippen MR) is 110 cm³/mol. The maximum atomic E-state index is 12.9. The van der Waals surface area contributed by atoms with E-state index < -0.39 is 11.5 Å². The van der Waals surface area contributed by atoms with Gasteiger partial charge in [0.15, 0.2) is 0 Å². The molecule has 1 aromatic heterocycles. The van der Waals surface area contributed by atoms with Crippen LogP contribution in [0.5, 0.6) is 0 Å². The third kappa shape index (κ3) is 3.45. The van der Waals surface area contributed by atoms with Crippen LogP contribution in [0.15, 0.2) is 88.1 Å². The smallest absolute Gasteiger partial charge is 0.344 e. The molecule has 0 aliphatic heterocycles. The molecule has 0 radical (unpaired) electrons. The molecule has 28 heavy (non-hydrogen) atoms. The van der Waals surface area contributed by atoms with Crippen LogP contribution in [0.1, 0.15) is 21.7 Å². The standard InChI is InChI=1S/C24H19NO3/c1-16-11-13-17(14-12-16)15-25-23(26)22-21(18-7-3-2-4-8-18)19-9-5-6-10-20(19)24(27)28-22/h2-14H,15H2,1H3,(H,25,26). The number of carbonyl (C=O) groups excluding carboxylic acids is 1. The molecule has 1 amide bonds. The van der Waals surface area contributed by atoms with Gasteiger partial charge in [-0.3, -0.25) is 4.79 Å². The minimum atomic E-state index is -0.518. The molecule has 138 valence electrons. The molecule has 0 spiro atoms. The molecule has 0 bridgehead atoms. The van der Waals surface area contributed by atoms with Crippen molar-refractivity contribution >= 4 is 16.7 Å². The summed E-state index contributed by atoms with van der Waals surface area (Å²) in [5.41, 5.74) is 3.06. The number of fused-ring (bicyclic) bond motifs is 1. The first-order chi connectivity index (χ1) is 13.6. The number of carbonyl (C=O) groups is 1. The van der Waals surface area contributed by atoms with E-state index in [1.165, 1.54) is 0 Å². The molecule has 0 aliphatic rings. The second-order valence-corrected chi connectivity index (χ2v) is 6.67. The Balaban J connectivity index is 1.78. The van der Waals surface area contributed by atoms with Gasteiger partial charge in [-0.2, -0.15) is 0 Å². The van der Waals surface area contributed by atoms with Gasteiger partial charge in [0.05, 0.1) is 5.39 Å². The molecule has 0 atom stereocenters. The van der Waals surface area contributed by atoms with Gasteiger partial charge >= 0.3 is 5.63 Å². The summed E-state index contributed by atoms with van der Waals surface area (Å²) >= 11 is 0. The molecular formula is C24H19NO3. The van der Waals surface area contributed by atoms with Gasteiger partial charge in [-0.25, -0.2) is 4.79 Å². The summed E-state index contributed by atoms with van der Waals surface area (Å²) in [7, 11) is 0. The van der Waals surface area contributed by atoms with Gasteiger partial charge in [0.25, 0.3) is 5.91 Å². The van der Waals surface area contributed by atoms with E-state index >= 15 is 0 Å². The molecule has 4 heteroatoms. The third-order valence-electron chi connectivity index (χ3n) is 4.68. The molecule has 1 N–H and O–H groups in total. The molecule has 0 unspecified atom stereocenters. The second kappa shape index (κ2) is 7.53. The lowest BCUT2D eigenvalue weighted by Gasteiger charge is -2.12. The number of benzene rings is 3. The van der Waals surface area contributed by atoms with E-state index in [-0.39, 0.29) is 5.76 Å². The predicted octanol–water partition coefficient (Wildman–Crippen LogP) is 4.70. The molecule has 4 aromatic rings. The first kappa shape index (κ1) is 17.7. The van der Waals surface area contributed by atoms with E-state index in [9.17, 15) is 9.59 Å². The topological polar surface area (TPSA) is 59.3 Å². The van der Waals surface area contributed by atoms with E-state index in [1.54, 1.807) is 12.1 Å². The van der Waals surface area contributed by atoms with Gasteiger partial charge in [0, 0.05) is 17.5 Å². The lowest BCUT2D eigenvalue weighted by Crippen LogP contribution is -2.25. The van der Waals surface area contributed by atoms with Crippen LogP contribution in [0.3, 0.4) is 0 Å². The Morgan fingerprint density at radius 3 is 2.21 bits per heavy atom. The Bertz CT molecular complexity index is 1190. The lowest BCUT2D eigenvalue weighted by molar-refractivity contribution is 0.0920. The van der Waals surface area contributed by atoms with Crippen molar-refractivity contribution in [3.8, 4) is 11.1 Å². The molecule has 0 aliphatic carbocycles. The highest BCUT2D eigenvalue weighted by Crippen LogP contribution is 2.30. The quantitative estimate of drug-likeness (QED) is 0.567. The van der Waals surface area contributed by atoms with Crippen molar-refractivity contribution in [3.63, 3.8) is 0 Å². The molecule has 0 fully saturated rings. The Hall–Kier alpha value is -3.66. The average molecular weight is 369 g/mol. The van der Waals surface area contributed by atoms with Crippen molar-refractivity contribution < 1.29 is 9.21 Å². The average Bonchev–Trinajstić information content (AvgIpc) is 2.74. The Labute approximate surface area is 162 Å². The fraction of sp³-hybridized carbons (Fsp3) is 0.0833. The molecule has 4 rings (SSSR count). The number of amides is 1. The van der Waals surface area contributed by atoms with Gasteiger partial charge < -0.3 is 9.73 Å². The summed E-state index contributed by atoms with van der Waals surface area (Å²) in [5, 5.41) is 4.02. The lowest BCUT2D eigenvalue weighted by atomic mass is 9.98. The van der Waals surface area contributed by atoms with E-state index in [0.717, 1.165) is 16.7 Å². The van der Waals surface area contributed by atoms with Crippen molar-refractivity contribution in [2.75, 3.05) is 0 Å². The van der Waals surface area contributed by atoms with Crippen LogP contribution in [-0.4, -0.2) is 5.91 Å². The van der Waals surface area contributed by atoms with Gasteiger partial charge in [0.2, 0.25) is 5.76 Å². The number of hydrogen-bond acceptors (Lipinski definition) is 3. The summed E-state index contributed by atoms with van der Waals surface area (Å²) < 4.78 is 5.48. The largest absolute Gasteiger partial charge is 0.416 e. The first-order valence-electron chi connectivity index (χ1n) is 9.08. The molecule has 4 nitrogen and oxygen atoms in total. The molecular weight excluding hydrogens is 350 g/mol. The van der Waals surface area contributed by atoms with Crippen molar-refractivity contribution in [1.82, 2.24) is 5.32 Å². The number of nitrogens with one attached hydrogen (secondary N) is 1. The summed E-state index contributed by atoms with van der Waals surface area (Å²) in [6, 6.07) is 24.6. The minimum absolute atomic E-state index is 0.0296. The van der Waals surface area contributed by atoms with Crippen LogP contribution in [0.4, 0.5) is 0 Å². The number of aryl methyl sites for hydroxylation is 1. The van der Waals surface area contributed by atoms with Gasteiger partial charge in [-0.15, -0.1) is 0 Å². The highest BCUT2D eigenvalue weighted by atomic mass is 16.4. The van der Waals surface area contributed by atoms with Crippen LogP contribution in [0, 0.1) is 6.92 Å². The van der Waals surface area contributed by atoms with E-state index in [0.29, 0.717) is 22.9 Å². The number of rotatable bonds is 4. The summed E-state index contributed by atoms with van der Waals surface area (Å²) in [4.78, 5) is 25.4. The van der Waals surface area contributed by atoms with Crippen LogP contribution >= 0.6 is 0 Å². The van der Waals surface area contributed by atoms with Crippen LogP contribution in [0.25, 0.3) is 21.9 Å². The fourth-order valence-electron chi connectivity index (χ4n) is 3.22. The minimum Gasteiger partial charge on any atom is -0.416 e. The van der Waals surface area contributed by atoms with Crippen molar-refractivity contribution in [3.05, 3.63) is 106 Å². The van der Waals surface area contributed by atoms with Crippen LogP contribution in [0.2, 0.25) is 0 Å². The monoisotopic (exact) mass is 369 g/mol. The van der Waals surface area contributed by atoms with Crippen LogP contribution < -0.4 is 10.9 Å². The van der Waals surface area contributed by atoms with Crippen molar-refractivity contribution in [2.24, 2.45) is 0 Å². The highest BCUT2D eigenvalue weighted by Gasteiger charge is 2.21. The summed E-state index contributed by atoms with van der Waals surface area (Å²) in [6.07, 6.45) is 0. The molecule has 1 heterocycles. The van der Waals surface area contributed by atoms with Crippen molar-refractivity contribution in [2.45, 2.75) is 13.5 Å². The zero-order valence-electron chi connectivity index (χ0n) is 15.4. The number of hydrogen-bond donors (Lipinski definition) is 1. The summed E-state index contributed by atoms with van der Waals surface area (Å²) in [5.74, 6) is -0.385. The molecule has 3 aromatic carbocycles. The van der Waals surface area contributed by atoms with E-state index in [2.05, 4.69) is 5.32 Å². The molecule has 0 saturated carbocycles. The van der Waals surface area contributed by atoms with Gasteiger partial charge in [0.1, 0.15) is 0 Å². The zero-order chi connectivity index (χ0) is 19.5. The Kier molecular flexibility index (Phi) is 4.77. The van der Waals surface area contributed by atoms with Crippen LogP contribution in [-0.2, 0) is 6.54 Å². The summed E-state index contributed by atoms with van der Waals surface area (Å²) in [6.45, 7) is 2.36. The second-order valence-electron chi connectivity index (χ2n) is 6.67. The maximum absolute atomic E-state index is 12.9. The maximum Gasteiger partial charge on any atom is 0.344 e. The molecule has 0 saturated heterocycles. The SMILES string of the molecule is Cc1ccc(CNC(=O)c2oc(=O)c3ccccc3c2-c2ccccc2)cc1. The van der Waals surface area contributed by atoms with Gasteiger partial charge in [-0.05, 0) is 24.1 Å². The van der Waals surface area contributed by atoms with Gasteiger partial charge in [-0.1, -0.05) is 78.4 Å². The zero-order valence-corrected chi connectivity index (χ0v) is 15.4. The Morgan fingerprint density at radius 1 is 0.857 bits per heavy atom. The van der Waals surface area contributed by atoms with E-state index in [1.807, 2.05) is 73.7 Å². The Morgan fingerprint density at radius 2 is 1.50 bits per heavy atom. The fourth-order valence-corrected chi connectivity index (χ4v) is 3.22. The highest BCUT2D eigenvalue weighted by molar-refractivity contribution is 6.07. The normalized spacial score (nSPS) is 10.8. The van der Waals surface area contributed by atoms with Crippen molar-refractivity contribution in [1.29, 1.82) is 0 Å². The van der Waals surface area contributed by atoms with E-state index in [4.69, 9.17) is 4.42 Å². The first-order valence-corrected chi connectivity index (χ1v) is 9.08. The third-order valence-corrected chi connectivity index (χ3v) is 4.68.